The van der Waals surface area contributed by atoms with Crippen molar-refractivity contribution in [2.75, 3.05) is 13.1 Å². The Kier molecular flexibility index (Phi) is 4.83. The van der Waals surface area contributed by atoms with Crippen LogP contribution in [0.5, 0.6) is 0 Å². The van der Waals surface area contributed by atoms with Crippen LogP contribution in [-0.2, 0) is 13.1 Å². The molecule has 1 saturated heterocycles. The van der Waals surface area contributed by atoms with E-state index in [1.165, 1.54) is 19.4 Å². The van der Waals surface area contributed by atoms with E-state index in [9.17, 15) is 0 Å². The summed E-state index contributed by atoms with van der Waals surface area (Å²) in [6.07, 6.45) is 10.3. The molecule has 5 nitrogen and oxygen atoms in total. The smallest absolute Gasteiger partial charge is 0.131 e. The summed E-state index contributed by atoms with van der Waals surface area (Å²) in [5.41, 5.74) is 1.14. The van der Waals surface area contributed by atoms with E-state index in [1.807, 2.05) is 24.8 Å². The van der Waals surface area contributed by atoms with Crippen molar-refractivity contribution in [2.45, 2.75) is 45.7 Å². The van der Waals surface area contributed by atoms with Gasteiger partial charge >= 0.3 is 0 Å². The zero-order valence-corrected chi connectivity index (χ0v) is 13.5. The Morgan fingerprint density at radius 3 is 3.00 bits per heavy atom. The van der Waals surface area contributed by atoms with Gasteiger partial charge in [0.25, 0.3) is 0 Å². The van der Waals surface area contributed by atoms with Gasteiger partial charge in [-0.25, -0.2) is 15.0 Å². The molecule has 22 heavy (non-hydrogen) atoms. The van der Waals surface area contributed by atoms with E-state index < -0.39 is 0 Å². The molecule has 1 atom stereocenters. The molecule has 0 aliphatic carbocycles. The molecule has 0 unspecified atom stereocenters. The highest BCUT2D eigenvalue weighted by Gasteiger charge is 2.20. The largest absolute Gasteiger partial charge is 0.337 e. The van der Waals surface area contributed by atoms with Crippen molar-refractivity contribution in [2.24, 2.45) is 5.92 Å². The number of imidazole rings is 1. The van der Waals surface area contributed by atoms with E-state index in [4.69, 9.17) is 4.98 Å². The van der Waals surface area contributed by atoms with Gasteiger partial charge in [0, 0.05) is 44.1 Å². The molecule has 0 bridgehead atoms. The third-order valence-corrected chi connectivity index (χ3v) is 4.27. The molecule has 0 radical (unpaired) electrons. The number of aromatic nitrogens is 4. The van der Waals surface area contributed by atoms with Gasteiger partial charge < -0.3 is 4.57 Å². The van der Waals surface area contributed by atoms with Crippen LogP contribution in [-0.4, -0.2) is 37.5 Å². The second kappa shape index (κ2) is 7.01. The topological polar surface area (TPSA) is 46.8 Å². The van der Waals surface area contributed by atoms with Crippen LogP contribution >= 0.6 is 0 Å². The molecule has 1 aliphatic heterocycles. The molecule has 2 aromatic heterocycles. The van der Waals surface area contributed by atoms with E-state index >= 15 is 0 Å². The SMILES string of the molecule is CC(C)c1nccc(CN2CCC[C@H](Cn3ccnc3)C2)n1. The van der Waals surface area contributed by atoms with Crippen LogP contribution in [0.25, 0.3) is 0 Å². The average Bonchev–Trinajstić information content (AvgIpc) is 3.01. The summed E-state index contributed by atoms with van der Waals surface area (Å²) in [7, 11) is 0. The first-order valence-electron chi connectivity index (χ1n) is 8.20. The van der Waals surface area contributed by atoms with Gasteiger partial charge in [-0.05, 0) is 31.4 Å². The van der Waals surface area contributed by atoms with Crippen molar-refractivity contribution in [3.63, 3.8) is 0 Å². The van der Waals surface area contributed by atoms with Gasteiger partial charge in [-0.2, -0.15) is 0 Å². The van der Waals surface area contributed by atoms with Crippen LogP contribution in [0.3, 0.4) is 0 Å². The molecular weight excluding hydrogens is 274 g/mol. The minimum atomic E-state index is 0.385. The predicted octanol–water partition coefficient (Wildman–Crippen LogP) is 2.71. The van der Waals surface area contributed by atoms with Gasteiger partial charge in [0.2, 0.25) is 0 Å². The number of piperidine rings is 1. The lowest BCUT2D eigenvalue weighted by molar-refractivity contribution is 0.154. The van der Waals surface area contributed by atoms with Gasteiger partial charge in [-0.15, -0.1) is 0 Å². The first kappa shape index (κ1) is 15.2. The number of rotatable bonds is 5. The molecule has 5 heteroatoms. The van der Waals surface area contributed by atoms with Gasteiger partial charge in [0.15, 0.2) is 0 Å². The maximum Gasteiger partial charge on any atom is 0.131 e. The zero-order chi connectivity index (χ0) is 15.4. The maximum absolute atomic E-state index is 4.70. The molecule has 0 saturated carbocycles. The number of nitrogens with zero attached hydrogens (tertiary/aromatic N) is 5. The Balaban J connectivity index is 1.59. The second-order valence-corrected chi connectivity index (χ2v) is 6.56. The van der Waals surface area contributed by atoms with E-state index in [-0.39, 0.29) is 0 Å². The predicted molar refractivity (Wildman–Crippen MR) is 86.3 cm³/mol. The van der Waals surface area contributed by atoms with E-state index in [2.05, 4.69) is 39.5 Å². The number of hydrogen-bond acceptors (Lipinski definition) is 4. The molecular formula is C17H25N5. The summed E-state index contributed by atoms with van der Waals surface area (Å²) in [6.45, 7) is 8.59. The number of hydrogen-bond donors (Lipinski definition) is 0. The Bertz CT molecular complexity index is 578. The van der Waals surface area contributed by atoms with Crippen molar-refractivity contribution in [1.29, 1.82) is 0 Å². The highest BCUT2D eigenvalue weighted by molar-refractivity contribution is 5.04. The lowest BCUT2D eigenvalue weighted by Crippen LogP contribution is -2.36. The number of likely N-dealkylation sites (tertiary alicyclic amines) is 1. The van der Waals surface area contributed by atoms with Crippen LogP contribution in [0.1, 0.15) is 44.1 Å². The van der Waals surface area contributed by atoms with E-state index in [0.717, 1.165) is 31.2 Å². The van der Waals surface area contributed by atoms with E-state index in [1.54, 1.807) is 0 Å². The van der Waals surface area contributed by atoms with Gasteiger partial charge in [-0.3, -0.25) is 4.90 Å². The van der Waals surface area contributed by atoms with Crippen molar-refractivity contribution in [1.82, 2.24) is 24.4 Å². The first-order valence-corrected chi connectivity index (χ1v) is 8.20. The Labute approximate surface area is 132 Å². The summed E-state index contributed by atoms with van der Waals surface area (Å²) in [5.74, 6) is 2.04. The summed E-state index contributed by atoms with van der Waals surface area (Å²) in [5, 5.41) is 0. The third kappa shape index (κ3) is 3.91. The molecule has 2 aromatic rings. The standard InChI is InChI=1S/C17H25N5/c1-14(2)17-19-6-5-16(20-17)12-21-8-3-4-15(10-21)11-22-9-7-18-13-22/h5-7,9,13-15H,3-4,8,10-12H2,1-2H3/t15-/m0/s1. The normalized spacial score (nSPS) is 19.7. The summed E-state index contributed by atoms with van der Waals surface area (Å²) < 4.78 is 2.19. The molecule has 1 fully saturated rings. The Hall–Kier alpha value is -1.75. The average molecular weight is 299 g/mol. The van der Waals surface area contributed by atoms with Crippen molar-refractivity contribution in [3.05, 3.63) is 42.5 Å². The summed E-state index contributed by atoms with van der Waals surface area (Å²) in [4.78, 5) is 15.7. The minimum Gasteiger partial charge on any atom is -0.337 e. The molecule has 0 amide bonds. The maximum atomic E-state index is 4.70. The molecule has 3 heterocycles. The zero-order valence-electron chi connectivity index (χ0n) is 13.5. The van der Waals surface area contributed by atoms with Crippen molar-refractivity contribution in [3.8, 4) is 0 Å². The fourth-order valence-electron chi connectivity index (χ4n) is 3.15. The summed E-state index contributed by atoms with van der Waals surface area (Å²) >= 11 is 0. The highest BCUT2D eigenvalue weighted by atomic mass is 15.1. The monoisotopic (exact) mass is 299 g/mol. The van der Waals surface area contributed by atoms with Gasteiger partial charge in [0.1, 0.15) is 5.82 Å². The third-order valence-electron chi connectivity index (χ3n) is 4.27. The first-order chi connectivity index (χ1) is 10.7. The fourth-order valence-corrected chi connectivity index (χ4v) is 3.15. The van der Waals surface area contributed by atoms with Crippen LogP contribution in [0.4, 0.5) is 0 Å². The van der Waals surface area contributed by atoms with E-state index in [0.29, 0.717) is 11.8 Å². The van der Waals surface area contributed by atoms with Gasteiger partial charge in [0.05, 0.1) is 12.0 Å². The molecule has 1 aliphatic rings. The minimum absolute atomic E-state index is 0.385. The lowest BCUT2D eigenvalue weighted by atomic mass is 9.98. The van der Waals surface area contributed by atoms with Crippen LogP contribution in [0.2, 0.25) is 0 Å². The van der Waals surface area contributed by atoms with Crippen LogP contribution in [0.15, 0.2) is 31.0 Å². The molecule has 0 spiro atoms. The van der Waals surface area contributed by atoms with Crippen LogP contribution < -0.4 is 0 Å². The quantitative estimate of drug-likeness (QED) is 0.851. The van der Waals surface area contributed by atoms with Crippen molar-refractivity contribution < 1.29 is 0 Å². The highest BCUT2D eigenvalue weighted by Crippen LogP contribution is 2.20. The lowest BCUT2D eigenvalue weighted by Gasteiger charge is -2.32. The fraction of sp³-hybridized carbons (Fsp3) is 0.588. The summed E-state index contributed by atoms with van der Waals surface area (Å²) in [6, 6.07) is 2.05. The Morgan fingerprint density at radius 2 is 2.23 bits per heavy atom. The van der Waals surface area contributed by atoms with Crippen molar-refractivity contribution >= 4 is 0 Å². The van der Waals surface area contributed by atoms with Crippen LogP contribution in [0, 0.1) is 5.92 Å². The second-order valence-electron chi connectivity index (χ2n) is 6.56. The molecule has 3 rings (SSSR count). The van der Waals surface area contributed by atoms with Gasteiger partial charge in [-0.1, -0.05) is 13.8 Å². The molecule has 0 N–H and O–H groups in total. The Morgan fingerprint density at radius 1 is 1.32 bits per heavy atom. The molecule has 0 aromatic carbocycles. The molecule has 118 valence electrons.